The van der Waals surface area contributed by atoms with Gasteiger partial charge in [-0.15, -0.1) is 0 Å². The second-order valence-electron chi connectivity index (χ2n) is 5.07. The van der Waals surface area contributed by atoms with Crippen LogP contribution in [0.5, 0.6) is 0 Å². The zero-order chi connectivity index (χ0) is 13.2. The molecule has 2 unspecified atom stereocenters. The van der Waals surface area contributed by atoms with Gasteiger partial charge in [0.15, 0.2) is 0 Å². The first kappa shape index (κ1) is 14.1. The lowest BCUT2D eigenvalue weighted by Gasteiger charge is -2.40. The summed E-state index contributed by atoms with van der Waals surface area (Å²) in [6, 6.07) is 5.85. The van der Waals surface area contributed by atoms with E-state index >= 15 is 0 Å². The number of hydrogen-bond donors (Lipinski definition) is 1. The smallest absolute Gasteiger partial charge is 0.0595 e. The van der Waals surface area contributed by atoms with Crippen LogP contribution in [0.2, 0.25) is 10.0 Å². The third-order valence-electron chi connectivity index (χ3n) is 4.06. The molecule has 0 aliphatic heterocycles. The summed E-state index contributed by atoms with van der Waals surface area (Å²) in [5.41, 5.74) is 7.20. The second-order valence-corrected chi connectivity index (χ2v) is 5.88. The van der Waals surface area contributed by atoms with Gasteiger partial charge in [0.1, 0.15) is 0 Å². The maximum Gasteiger partial charge on any atom is 0.0595 e. The van der Waals surface area contributed by atoms with Gasteiger partial charge in [0.25, 0.3) is 0 Å². The number of hydrogen-bond acceptors (Lipinski definition) is 2. The quantitative estimate of drug-likeness (QED) is 0.918. The van der Waals surface area contributed by atoms with Crippen LogP contribution < -0.4 is 5.73 Å². The fourth-order valence-corrected chi connectivity index (χ4v) is 3.20. The van der Waals surface area contributed by atoms with Crippen molar-refractivity contribution in [3.63, 3.8) is 0 Å². The van der Waals surface area contributed by atoms with Crippen molar-refractivity contribution in [1.29, 1.82) is 0 Å². The van der Waals surface area contributed by atoms with Crippen LogP contribution in [0.25, 0.3) is 0 Å². The van der Waals surface area contributed by atoms with E-state index in [0.717, 1.165) is 25.7 Å². The first-order valence-corrected chi connectivity index (χ1v) is 7.05. The van der Waals surface area contributed by atoms with Crippen LogP contribution >= 0.6 is 23.2 Å². The largest absolute Gasteiger partial charge is 0.381 e. The summed E-state index contributed by atoms with van der Waals surface area (Å²) in [5, 5.41) is 1.19. The molecular weight excluding hydrogens is 269 g/mol. The normalized spacial score (nSPS) is 28.3. The maximum atomic E-state index is 6.12. The second kappa shape index (κ2) is 5.79. The minimum atomic E-state index is -0.0207. The Balaban J connectivity index is 2.33. The zero-order valence-corrected chi connectivity index (χ0v) is 12.1. The molecule has 2 atom stereocenters. The highest BCUT2D eigenvalue weighted by molar-refractivity contribution is 6.42. The molecule has 0 saturated heterocycles. The van der Waals surface area contributed by atoms with Crippen molar-refractivity contribution >= 4 is 23.2 Å². The van der Waals surface area contributed by atoms with Gasteiger partial charge in [-0.2, -0.15) is 0 Å². The summed E-state index contributed by atoms with van der Waals surface area (Å²) in [7, 11) is 1.77. The Labute approximate surface area is 118 Å². The Hall–Kier alpha value is -0.280. The lowest BCUT2D eigenvalue weighted by atomic mass is 9.68. The van der Waals surface area contributed by atoms with Crippen LogP contribution in [0.15, 0.2) is 18.2 Å². The first-order valence-electron chi connectivity index (χ1n) is 6.30. The topological polar surface area (TPSA) is 35.2 Å². The predicted octanol–water partition coefficient (Wildman–Crippen LogP) is 3.78. The molecule has 100 valence electrons. The van der Waals surface area contributed by atoms with Gasteiger partial charge in [-0.05, 0) is 43.4 Å². The number of rotatable bonds is 3. The molecule has 0 bridgehead atoms. The molecule has 2 rings (SSSR count). The van der Waals surface area contributed by atoms with Crippen molar-refractivity contribution < 1.29 is 4.74 Å². The van der Waals surface area contributed by atoms with E-state index < -0.39 is 0 Å². The molecule has 1 aromatic rings. The Bertz CT molecular complexity index is 424. The highest BCUT2D eigenvalue weighted by Gasteiger charge is 2.37. The van der Waals surface area contributed by atoms with Gasteiger partial charge in [-0.25, -0.2) is 0 Å². The number of nitrogens with two attached hydrogens (primary N) is 1. The molecule has 0 heterocycles. The maximum absolute atomic E-state index is 6.12. The number of halogens is 2. The minimum Gasteiger partial charge on any atom is -0.381 e. The molecular formula is C14H19Cl2NO. The van der Waals surface area contributed by atoms with E-state index in [-0.39, 0.29) is 11.5 Å². The monoisotopic (exact) mass is 287 g/mol. The van der Waals surface area contributed by atoms with Gasteiger partial charge in [0.05, 0.1) is 16.1 Å². The first-order chi connectivity index (χ1) is 8.61. The van der Waals surface area contributed by atoms with Crippen molar-refractivity contribution in [2.75, 3.05) is 13.7 Å². The van der Waals surface area contributed by atoms with Gasteiger partial charge in [0, 0.05) is 19.1 Å². The van der Waals surface area contributed by atoms with Crippen LogP contribution in [0.3, 0.4) is 0 Å². The lowest BCUT2D eigenvalue weighted by Crippen LogP contribution is -2.42. The predicted molar refractivity (Wildman–Crippen MR) is 76.5 cm³/mol. The average molecular weight is 288 g/mol. The number of methoxy groups -OCH3 is 1. The number of ether oxygens (including phenoxy) is 1. The highest BCUT2D eigenvalue weighted by Crippen LogP contribution is 2.41. The van der Waals surface area contributed by atoms with Gasteiger partial charge >= 0.3 is 0 Å². The lowest BCUT2D eigenvalue weighted by molar-refractivity contribution is 0.0412. The summed E-state index contributed by atoms with van der Waals surface area (Å²) in [6.45, 7) is 0.616. The number of benzene rings is 1. The van der Waals surface area contributed by atoms with Crippen LogP contribution in [-0.2, 0) is 10.2 Å². The van der Waals surface area contributed by atoms with E-state index in [1.807, 2.05) is 18.2 Å². The Morgan fingerprint density at radius 1 is 1.39 bits per heavy atom. The molecule has 4 heteroatoms. The van der Waals surface area contributed by atoms with Gasteiger partial charge in [-0.1, -0.05) is 29.3 Å². The molecule has 18 heavy (non-hydrogen) atoms. The molecule has 0 spiro atoms. The molecule has 1 saturated carbocycles. The summed E-state index contributed by atoms with van der Waals surface area (Å²) >= 11 is 12.1. The molecule has 1 aliphatic carbocycles. The molecule has 2 N–H and O–H groups in total. The van der Waals surface area contributed by atoms with Crippen LogP contribution in [0.4, 0.5) is 0 Å². The Kier molecular flexibility index (Phi) is 4.54. The summed E-state index contributed by atoms with van der Waals surface area (Å²) in [4.78, 5) is 0. The molecule has 2 nitrogen and oxygen atoms in total. The van der Waals surface area contributed by atoms with Crippen LogP contribution in [-0.4, -0.2) is 19.8 Å². The van der Waals surface area contributed by atoms with Crippen molar-refractivity contribution in [3.05, 3.63) is 33.8 Å². The van der Waals surface area contributed by atoms with Crippen molar-refractivity contribution in [2.24, 2.45) is 5.73 Å². The molecule has 0 amide bonds. The van der Waals surface area contributed by atoms with Gasteiger partial charge in [0.2, 0.25) is 0 Å². The fourth-order valence-electron chi connectivity index (χ4n) is 2.90. The summed E-state index contributed by atoms with van der Waals surface area (Å²) < 4.78 is 5.51. The molecule has 1 fully saturated rings. The minimum absolute atomic E-state index is 0.0207. The molecule has 0 radical (unpaired) electrons. The van der Waals surface area contributed by atoms with E-state index in [0.29, 0.717) is 16.6 Å². The van der Waals surface area contributed by atoms with E-state index in [2.05, 4.69) is 0 Å². The summed E-state index contributed by atoms with van der Waals surface area (Å²) in [6.07, 6.45) is 4.58. The van der Waals surface area contributed by atoms with Crippen molar-refractivity contribution in [1.82, 2.24) is 0 Å². The standard InChI is InChI=1S/C14H19Cl2NO/c1-18-11-3-2-6-14(8-11,9-17)10-4-5-12(15)13(16)7-10/h4-5,7,11H,2-3,6,8-9,17H2,1H3. The third-order valence-corrected chi connectivity index (χ3v) is 4.79. The molecule has 0 aromatic heterocycles. The Morgan fingerprint density at radius 2 is 2.17 bits per heavy atom. The van der Waals surface area contributed by atoms with Crippen LogP contribution in [0.1, 0.15) is 31.2 Å². The third kappa shape index (κ3) is 2.67. The van der Waals surface area contributed by atoms with E-state index in [1.165, 1.54) is 5.56 Å². The van der Waals surface area contributed by atoms with Gasteiger partial charge < -0.3 is 10.5 Å². The molecule has 1 aromatic carbocycles. The Morgan fingerprint density at radius 3 is 2.78 bits per heavy atom. The SMILES string of the molecule is COC1CCCC(CN)(c2ccc(Cl)c(Cl)c2)C1. The van der Waals surface area contributed by atoms with Crippen LogP contribution in [0, 0.1) is 0 Å². The average Bonchev–Trinajstić information content (AvgIpc) is 2.41. The fraction of sp³-hybridized carbons (Fsp3) is 0.571. The van der Waals surface area contributed by atoms with Crippen molar-refractivity contribution in [2.45, 2.75) is 37.2 Å². The molecule has 1 aliphatic rings. The van der Waals surface area contributed by atoms with E-state index in [9.17, 15) is 0 Å². The highest BCUT2D eigenvalue weighted by atomic mass is 35.5. The van der Waals surface area contributed by atoms with Crippen molar-refractivity contribution in [3.8, 4) is 0 Å². The zero-order valence-electron chi connectivity index (χ0n) is 10.6. The van der Waals surface area contributed by atoms with E-state index in [4.69, 9.17) is 33.7 Å². The summed E-state index contributed by atoms with van der Waals surface area (Å²) in [5.74, 6) is 0. The van der Waals surface area contributed by atoms with E-state index in [1.54, 1.807) is 7.11 Å². The van der Waals surface area contributed by atoms with Gasteiger partial charge in [-0.3, -0.25) is 0 Å².